The Labute approximate surface area is 132 Å². The van der Waals surface area contributed by atoms with E-state index in [4.69, 9.17) is 4.74 Å². The summed E-state index contributed by atoms with van der Waals surface area (Å²) in [6, 6.07) is 10.7. The number of aromatic nitrogens is 5. The Kier molecular flexibility index (Phi) is 4.23. The molecule has 2 heterocycles. The number of ether oxygens (including phenoxy) is 1. The molecule has 0 bridgehead atoms. The van der Waals surface area contributed by atoms with Crippen LogP contribution < -0.4 is 10.1 Å². The summed E-state index contributed by atoms with van der Waals surface area (Å²) >= 11 is 0. The van der Waals surface area contributed by atoms with Gasteiger partial charge in [-0.2, -0.15) is 5.10 Å². The van der Waals surface area contributed by atoms with Gasteiger partial charge in [0.25, 0.3) is 5.91 Å². The lowest BCUT2D eigenvalue weighted by Crippen LogP contribution is -2.24. The van der Waals surface area contributed by atoms with Gasteiger partial charge in [0.05, 0.1) is 7.11 Å². The standard InChI is InChI=1S/C15H14N6O2/c1-23-13-5-3-2-4-11(13)8-17-15(22)12-6-7-14(20-19-12)21-10-16-9-18-21/h2-7,9-10H,8H2,1H3,(H,17,22). The van der Waals surface area contributed by atoms with Gasteiger partial charge >= 0.3 is 0 Å². The molecular weight excluding hydrogens is 296 g/mol. The number of carbonyl (C=O) groups is 1. The van der Waals surface area contributed by atoms with Crippen molar-refractivity contribution in [1.29, 1.82) is 0 Å². The molecule has 0 unspecified atom stereocenters. The molecule has 0 fully saturated rings. The minimum atomic E-state index is -0.312. The van der Waals surface area contributed by atoms with Crippen molar-refractivity contribution < 1.29 is 9.53 Å². The van der Waals surface area contributed by atoms with E-state index in [1.807, 2.05) is 24.3 Å². The highest BCUT2D eigenvalue weighted by Crippen LogP contribution is 2.16. The number of rotatable bonds is 5. The number of nitrogens with zero attached hydrogens (tertiary/aromatic N) is 5. The van der Waals surface area contributed by atoms with Gasteiger partial charge < -0.3 is 10.1 Å². The third-order valence-corrected chi connectivity index (χ3v) is 3.17. The van der Waals surface area contributed by atoms with Crippen molar-refractivity contribution in [2.75, 3.05) is 7.11 Å². The zero-order valence-electron chi connectivity index (χ0n) is 12.4. The summed E-state index contributed by atoms with van der Waals surface area (Å²) in [5.74, 6) is 0.901. The molecule has 0 spiro atoms. The molecule has 0 atom stereocenters. The average Bonchev–Trinajstić information content (AvgIpc) is 3.14. The Morgan fingerprint density at radius 1 is 1.22 bits per heavy atom. The van der Waals surface area contributed by atoms with Gasteiger partial charge in [-0.3, -0.25) is 4.79 Å². The molecule has 8 nitrogen and oxygen atoms in total. The van der Waals surface area contributed by atoms with Gasteiger partial charge in [0.15, 0.2) is 11.5 Å². The lowest BCUT2D eigenvalue weighted by atomic mass is 10.2. The maximum absolute atomic E-state index is 12.1. The van der Waals surface area contributed by atoms with E-state index in [-0.39, 0.29) is 11.6 Å². The summed E-state index contributed by atoms with van der Waals surface area (Å²) in [6.07, 6.45) is 2.90. The quantitative estimate of drug-likeness (QED) is 0.755. The zero-order valence-corrected chi connectivity index (χ0v) is 12.4. The fourth-order valence-corrected chi connectivity index (χ4v) is 2.01. The van der Waals surface area contributed by atoms with Crippen molar-refractivity contribution >= 4 is 5.91 Å². The van der Waals surface area contributed by atoms with E-state index in [1.54, 1.807) is 19.2 Å². The first-order valence-corrected chi connectivity index (χ1v) is 6.87. The van der Waals surface area contributed by atoms with E-state index in [0.29, 0.717) is 12.4 Å². The second kappa shape index (κ2) is 6.65. The van der Waals surface area contributed by atoms with Crippen LogP contribution in [0, 0.1) is 0 Å². The van der Waals surface area contributed by atoms with Gasteiger partial charge in [0.1, 0.15) is 18.4 Å². The molecule has 0 saturated carbocycles. The third kappa shape index (κ3) is 3.31. The molecule has 0 aliphatic heterocycles. The number of nitrogens with one attached hydrogen (secondary N) is 1. The Morgan fingerprint density at radius 2 is 2.09 bits per heavy atom. The summed E-state index contributed by atoms with van der Waals surface area (Å²) in [4.78, 5) is 16.0. The van der Waals surface area contributed by atoms with Gasteiger partial charge in [-0.25, -0.2) is 9.67 Å². The monoisotopic (exact) mass is 310 g/mol. The first-order chi connectivity index (χ1) is 11.3. The molecule has 3 aromatic rings. The summed E-state index contributed by atoms with van der Waals surface area (Å²) in [5.41, 5.74) is 1.11. The van der Waals surface area contributed by atoms with Gasteiger partial charge in [0, 0.05) is 12.1 Å². The van der Waals surface area contributed by atoms with Gasteiger partial charge in [-0.1, -0.05) is 18.2 Å². The van der Waals surface area contributed by atoms with Crippen LogP contribution in [-0.4, -0.2) is 38.0 Å². The van der Waals surface area contributed by atoms with Crippen molar-refractivity contribution in [1.82, 2.24) is 30.3 Å². The van der Waals surface area contributed by atoms with Crippen molar-refractivity contribution in [3.63, 3.8) is 0 Å². The van der Waals surface area contributed by atoms with Crippen LogP contribution in [0.15, 0.2) is 49.1 Å². The highest BCUT2D eigenvalue weighted by atomic mass is 16.5. The van der Waals surface area contributed by atoms with E-state index in [2.05, 4.69) is 25.6 Å². The second-order valence-electron chi connectivity index (χ2n) is 4.61. The fourth-order valence-electron chi connectivity index (χ4n) is 2.01. The number of para-hydroxylation sites is 1. The van der Waals surface area contributed by atoms with Gasteiger partial charge in [-0.05, 0) is 18.2 Å². The molecule has 23 heavy (non-hydrogen) atoms. The normalized spacial score (nSPS) is 10.3. The van der Waals surface area contributed by atoms with Crippen LogP contribution in [0.3, 0.4) is 0 Å². The Hall–Kier alpha value is -3.29. The largest absolute Gasteiger partial charge is 0.496 e. The topological polar surface area (TPSA) is 94.8 Å². The summed E-state index contributed by atoms with van der Waals surface area (Å²) in [7, 11) is 1.59. The summed E-state index contributed by atoms with van der Waals surface area (Å²) in [6.45, 7) is 0.343. The number of methoxy groups -OCH3 is 1. The Bertz CT molecular complexity index is 786. The Morgan fingerprint density at radius 3 is 2.78 bits per heavy atom. The molecule has 1 N–H and O–H groups in total. The molecule has 116 valence electrons. The maximum Gasteiger partial charge on any atom is 0.272 e. The lowest BCUT2D eigenvalue weighted by Gasteiger charge is -2.09. The number of hydrogen-bond donors (Lipinski definition) is 1. The smallest absolute Gasteiger partial charge is 0.272 e. The average molecular weight is 310 g/mol. The molecule has 0 saturated heterocycles. The first-order valence-electron chi connectivity index (χ1n) is 6.87. The molecule has 0 radical (unpaired) electrons. The van der Waals surface area contributed by atoms with Crippen LogP contribution in [-0.2, 0) is 6.54 Å². The van der Waals surface area contributed by atoms with E-state index in [0.717, 1.165) is 11.3 Å². The van der Waals surface area contributed by atoms with Crippen LogP contribution in [0.2, 0.25) is 0 Å². The lowest BCUT2D eigenvalue weighted by molar-refractivity contribution is 0.0944. The van der Waals surface area contributed by atoms with Crippen molar-refractivity contribution in [3.8, 4) is 11.6 Å². The minimum Gasteiger partial charge on any atom is -0.496 e. The molecular formula is C15H14N6O2. The van der Waals surface area contributed by atoms with E-state index >= 15 is 0 Å². The van der Waals surface area contributed by atoms with E-state index < -0.39 is 0 Å². The summed E-state index contributed by atoms with van der Waals surface area (Å²) < 4.78 is 6.71. The van der Waals surface area contributed by atoms with Gasteiger partial charge in [-0.15, -0.1) is 10.2 Å². The van der Waals surface area contributed by atoms with Crippen LogP contribution in [0.25, 0.3) is 5.82 Å². The maximum atomic E-state index is 12.1. The Balaban J connectivity index is 1.66. The SMILES string of the molecule is COc1ccccc1CNC(=O)c1ccc(-n2cncn2)nn1. The number of amides is 1. The number of carbonyl (C=O) groups excluding carboxylic acids is 1. The van der Waals surface area contributed by atoms with E-state index in [1.165, 1.54) is 17.3 Å². The molecule has 0 aliphatic carbocycles. The van der Waals surface area contributed by atoms with E-state index in [9.17, 15) is 4.79 Å². The highest BCUT2D eigenvalue weighted by Gasteiger charge is 2.10. The predicted molar refractivity (Wildman–Crippen MR) is 81.1 cm³/mol. The highest BCUT2D eigenvalue weighted by molar-refractivity contribution is 5.92. The minimum absolute atomic E-state index is 0.226. The molecule has 2 aromatic heterocycles. The van der Waals surface area contributed by atoms with Crippen molar-refractivity contribution in [2.24, 2.45) is 0 Å². The zero-order chi connectivity index (χ0) is 16.1. The molecule has 0 aliphatic rings. The van der Waals surface area contributed by atoms with Crippen molar-refractivity contribution in [2.45, 2.75) is 6.54 Å². The van der Waals surface area contributed by atoms with Crippen molar-refractivity contribution in [3.05, 3.63) is 60.3 Å². The van der Waals surface area contributed by atoms with Crippen LogP contribution in [0.4, 0.5) is 0 Å². The number of hydrogen-bond acceptors (Lipinski definition) is 6. The number of benzene rings is 1. The second-order valence-corrected chi connectivity index (χ2v) is 4.61. The molecule has 3 rings (SSSR count). The summed E-state index contributed by atoms with van der Waals surface area (Å²) in [5, 5.41) is 14.6. The first kappa shape index (κ1) is 14.6. The molecule has 1 aromatic carbocycles. The van der Waals surface area contributed by atoms with Crippen LogP contribution in [0.5, 0.6) is 5.75 Å². The molecule has 8 heteroatoms. The van der Waals surface area contributed by atoms with Crippen LogP contribution >= 0.6 is 0 Å². The molecule has 1 amide bonds. The van der Waals surface area contributed by atoms with Gasteiger partial charge in [0.2, 0.25) is 0 Å². The fraction of sp³-hybridized carbons (Fsp3) is 0.133. The third-order valence-electron chi connectivity index (χ3n) is 3.17. The predicted octanol–water partition coefficient (Wildman–Crippen LogP) is 0.996. The van der Waals surface area contributed by atoms with Crippen LogP contribution in [0.1, 0.15) is 16.1 Å².